The molecule has 2 unspecified atom stereocenters. The van der Waals surface area contributed by atoms with Crippen LogP contribution in [0, 0.1) is 0 Å². The van der Waals surface area contributed by atoms with Crippen LogP contribution in [0.4, 0.5) is 4.79 Å². The Labute approximate surface area is 114 Å². The second-order valence-electron chi connectivity index (χ2n) is 4.49. The number of nitrogens with zero attached hydrogens (tertiary/aromatic N) is 2. The number of carboxylic acid groups (broad SMARTS) is 1. The molecule has 2 heterocycles. The van der Waals surface area contributed by atoms with Crippen LogP contribution in [0.15, 0.2) is 12.4 Å². The van der Waals surface area contributed by atoms with Crippen molar-refractivity contribution in [2.45, 2.75) is 19.0 Å². The molecule has 1 aliphatic rings. The van der Waals surface area contributed by atoms with E-state index < -0.39 is 18.0 Å². The summed E-state index contributed by atoms with van der Waals surface area (Å²) >= 11 is 0. The lowest BCUT2D eigenvalue weighted by Crippen LogP contribution is -2.61. The second-order valence-corrected chi connectivity index (χ2v) is 4.49. The Kier molecular flexibility index (Phi) is 3.87. The number of piperazine rings is 1. The summed E-state index contributed by atoms with van der Waals surface area (Å²) in [5.74, 6) is -1.54. The Hall–Kier alpha value is -2.58. The standard InChI is InChI=1S/C11H15N5O4/c1-6(7-2-13-14-3-7)15-11(20)16-5-9(17)12-4-8(16)10(18)19/h2-3,6,8H,4-5H2,1H3,(H,12,17)(H,13,14)(H,15,20)(H,18,19). The van der Waals surface area contributed by atoms with Crippen LogP contribution < -0.4 is 10.6 Å². The second kappa shape index (κ2) is 5.59. The predicted octanol–water partition coefficient (Wildman–Crippen LogP) is -0.935. The van der Waals surface area contributed by atoms with Crippen LogP contribution in [0.2, 0.25) is 0 Å². The van der Waals surface area contributed by atoms with E-state index in [0.717, 1.165) is 10.5 Å². The number of H-pyrrole nitrogens is 1. The smallest absolute Gasteiger partial charge is 0.328 e. The highest BCUT2D eigenvalue weighted by molar-refractivity contribution is 5.90. The molecule has 1 aromatic rings. The van der Waals surface area contributed by atoms with Gasteiger partial charge in [0.25, 0.3) is 0 Å². The minimum atomic E-state index is -1.16. The normalized spacial score (nSPS) is 20.1. The Bertz CT molecular complexity index is 515. The van der Waals surface area contributed by atoms with Crippen LogP contribution in [0.3, 0.4) is 0 Å². The quantitative estimate of drug-likeness (QED) is 0.569. The maximum absolute atomic E-state index is 12.1. The third kappa shape index (κ3) is 2.87. The molecule has 0 radical (unpaired) electrons. The first-order valence-electron chi connectivity index (χ1n) is 6.04. The summed E-state index contributed by atoms with van der Waals surface area (Å²) < 4.78 is 0. The van der Waals surface area contributed by atoms with Crippen molar-refractivity contribution in [3.8, 4) is 0 Å². The highest BCUT2D eigenvalue weighted by Crippen LogP contribution is 2.12. The largest absolute Gasteiger partial charge is 0.480 e. The van der Waals surface area contributed by atoms with E-state index in [1.165, 1.54) is 0 Å². The van der Waals surface area contributed by atoms with Crippen LogP contribution >= 0.6 is 0 Å². The van der Waals surface area contributed by atoms with E-state index in [1.807, 2.05) is 0 Å². The predicted molar refractivity (Wildman–Crippen MR) is 66.7 cm³/mol. The van der Waals surface area contributed by atoms with Crippen molar-refractivity contribution < 1.29 is 19.5 Å². The topological polar surface area (TPSA) is 127 Å². The molecule has 2 atom stereocenters. The first kappa shape index (κ1) is 13.8. The average Bonchev–Trinajstić information content (AvgIpc) is 2.92. The van der Waals surface area contributed by atoms with Crippen molar-refractivity contribution in [1.29, 1.82) is 0 Å². The first-order chi connectivity index (χ1) is 9.49. The van der Waals surface area contributed by atoms with Gasteiger partial charge in [0.2, 0.25) is 5.91 Å². The van der Waals surface area contributed by atoms with Crippen LogP contribution in [0.1, 0.15) is 18.5 Å². The molecule has 3 amide bonds. The summed E-state index contributed by atoms with van der Waals surface area (Å²) in [6.45, 7) is 1.37. The number of rotatable bonds is 3. The summed E-state index contributed by atoms with van der Waals surface area (Å²) in [7, 11) is 0. The zero-order valence-corrected chi connectivity index (χ0v) is 10.8. The molecule has 1 saturated heterocycles. The molecule has 1 fully saturated rings. The highest BCUT2D eigenvalue weighted by Gasteiger charge is 2.35. The monoisotopic (exact) mass is 281 g/mol. The fraction of sp³-hybridized carbons (Fsp3) is 0.455. The molecular formula is C11H15N5O4. The van der Waals surface area contributed by atoms with Gasteiger partial charge in [-0.2, -0.15) is 5.10 Å². The Balaban J connectivity index is 2.05. The maximum Gasteiger partial charge on any atom is 0.328 e. The fourth-order valence-electron chi connectivity index (χ4n) is 1.92. The van der Waals surface area contributed by atoms with Gasteiger partial charge in [0.15, 0.2) is 0 Å². The molecule has 0 bridgehead atoms. The molecule has 0 spiro atoms. The number of nitrogens with one attached hydrogen (secondary N) is 3. The maximum atomic E-state index is 12.1. The molecule has 108 valence electrons. The summed E-state index contributed by atoms with van der Waals surface area (Å²) in [4.78, 5) is 35.5. The number of aliphatic carboxylic acids is 1. The highest BCUT2D eigenvalue weighted by atomic mass is 16.4. The van der Waals surface area contributed by atoms with E-state index in [9.17, 15) is 14.4 Å². The minimum Gasteiger partial charge on any atom is -0.480 e. The molecule has 0 saturated carbocycles. The van der Waals surface area contributed by atoms with Crippen molar-refractivity contribution in [3.05, 3.63) is 18.0 Å². The van der Waals surface area contributed by atoms with Crippen molar-refractivity contribution in [2.75, 3.05) is 13.1 Å². The number of aromatic amines is 1. The fourth-order valence-corrected chi connectivity index (χ4v) is 1.92. The molecule has 1 aliphatic heterocycles. The van der Waals surface area contributed by atoms with Gasteiger partial charge < -0.3 is 15.7 Å². The summed E-state index contributed by atoms with van der Waals surface area (Å²) in [5, 5.41) is 20.5. The molecule has 2 rings (SSSR count). The van der Waals surface area contributed by atoms with Crippen molar-refractivity contribution in [1.82, 2.24) is 25.7 Å². The molecule has 4 N–H and O–H groups in total. The zero-order valence-electron chi connectivity index (χ0n) is 10.8. The summed E-state index contributed by atoms with van der Waals surface area (Å²) in [5.41, 5.74) is 0.756. The Morgan fingerprint density at radius 1 is 1.60 bits per heavy atom. The minimum absolute atomic E-state index is 0.0956. The Morgan fingerprint density at radius 3 is 2.95 bits per heavy atom. The van der Waals surface area contributed by atoms with Crippen molar-refractivity contribution in [3.63, 3.8) is 0 Å². The van der Waals surface area contributed by atoms with E-state index in [0.29, 0.717) is 0 Å². The van der Waals surface area contributed by atoms with Crippen LogP contribution in [0.5, 0.6) is 0 Å². The van der Waals surface area contributed by atoms with E-state index in [-0.39, 0.29) is 25.0 Å². The van der Waals surface area contributed by atoms with Gasteiger partial charge in [-0.3, -0.25) is 14.8 Å². The molecule has 0 aromatic carbocycles. The van der Waals surface area contributed by atoms with Gasteiger partial charge >= 0.3 is 12.0 Å². The SMILES string of the molecule is CC(NC(=O)N1CC(=O)NCC1C(=O)O)c1cn[nH]c1. The summed E-state index contributed by atoms with van der Waals surface area (Å²) in [6.07, 6.45) is 3.19. The molecule has 20 heavy (non-hydrogen) atoms. The third-order valence-electron chi connectivity index (χ3n) is 3.09. The van der Waals surface area contributed by atoms with Gasteiger partial charge in [0.1, 0.15) is 12.6 Å². The molecular weight excluding hydrogens is 266 g/mol. The number of carboxylic acids is 1. The number of carbonyl (C=O) groups excluding carboxylic acids is 2. The number of aromatic nitrogens is 2. The lowest BCUT2D eigenvalue weighted by molar-refractivity contribution is -0.144. The van der Waals surface area contributed by atoms with E-state index in [2.05, 4.69) is 20.8 Å². The van der Waals surface area contributed by atoms with Gasteiger partial charge in [-0.1, -0.05) is 0 Å². The van der Waals surface area contributed by atoms with Gasteiger partial charge in [-0.05, 0) is 6.92 Å². The van der Waals surface area contributed by atoms with Gasteiger partial charge in [-0.25, -0.2) is 9.59 Å². The van der Waals surface area contributed by atoms with Gasteiger partial charge in [0.05, 0.1) is 12.2 Å². The Morgan fingerprint density at radius 2 is 2.35 bits per heavy atom. The number of hydrogen-bond acceptors (Lipinski definition) is 4. The molecule has 1 aromatic heterocycles. The molecule has 9 nitrogen and oxygen atoms in total. The van der Waals surface area contributed by atoms with Gasteiger partial charge in [-0.15, -0.1) is 0 Å². The van der Waals surface area contributed by atoms with Crippen LogP contribution in [-0.2, 0) is 9.59 Å². The first-order valence-corrected chi connectivity index (χ1v) is 6.04. The molecule has 9 heteroatoms. The van der Waals surface area contributed by atoms with Gasteiger partial charge in [0, 0.05) is 18.3 Å². The van der Waals surface area contributed by atoms with E-state index in [1.54, 1.807) is 19.3 Å². The van der Waals surface area contributed by atoms with E-state index >= 15 is 0 Å². The summed E-state index contributed by atoms with van der Waals surface area (Å²) in [6, 6.07) is -2.01. The van der Waals surface area contributed by atoms with Crippen molar-refractivity contribution in [2.24, 2.45) is 0 Å². The molecule has 0 aliphatic carbocycles. The third-order valence-corrected chi connectivity index (χ3v) is 3.09. The zero-order chi connectivity index (χ0) is 14.7. The number of urea groups is 1. The van der Waals surface area contributed by atoms with E-state index in [4.69, 9.17) is 5.11 Å². The lowest BCUT2D eigenvalue weighted by atomic mass is 10.2. The average molecular weight is 281 g/mol. The van der Waals surface area contributed by atoms with Crippen LogP contribution in [0.25, 0.3) is 0 Å². The van der Waals surface area contributed by atoms with Crippen molar-refractivity contribution >= 4 is 17.9 Å². The number of amides is 3. The lowest BCUT2D eigenvalue weighted by Gasteiger charge is -2.33. The van der Waals surface area contributed by atoms with Crippen LogP contribution in [-0.4, -0.2) is 57.2 Å². The number of carbonyl (C=O) groups is 3. The number of hydrogen-bond donors (Lipinski definition) is 4.